The molecular weight excluding hydrogens is 410 g/mol. The number of ether oxygens (including phenoxy) is 1. The Bertz CT molecular complexity index is 493. The quantitative estimate of drug-likeness (QED) is 0.123. The molecule has 0 N–H and O–H groups in total. The fourth-order valence-corrected chi connectivity index (χ4v) is 2.11. The summed E-state index contributed by atoms with van der Waals surface area (Å²) in [6.45, 7) is -0.139. The number of carbonyl (C=O) groups excluding carboxylic acids is 1. The SMILES string of the molecule is O=C(OCCCCCCI)c1c(F)c(F)c(F)c(F)c1F. The molecule has 0 bridgehead atoms. The Hall–Kier alpha value is -0.930. The normalized spacial score (nSPS) is 10.8. The van der Waals surface area contributed by atoms with Crippen molar-refractivity contribution in [2.24, 2.45) is 0 Å². The number of carbonyl (C=O) groups is 1. The monoisotopic (exact) mass is 422 g/mol. The van der Waals surface area contributed by atoms with E-state index in [1.807, 2.05) is 0 Å². The lowest BCUT2D eigenvalue weighted by Crippen LogP contribution is -2.15. The van der Waals surface area contributed by atoms with E-state index in [-0.39, 0.29) is 6.61 Å². The van der Waals surface area contributed by atoms with Gasteiger partial charge in [-0.1, -0.05) is 35.4 Å². The number of benzene rings is 1. The Labute approximate surface area is 131 Å². The van der Waals surface area contributed by atoms with Gasteiger partial charge in [-0.2, -0.15) is 0 Å². The molecule has 0 spiro atoms. The summed E-state index contributed by atoms with van der Waals surface area (Å²) in [6, 6.07) is 0. The summed E-state index contributed by atoms with van der Waals surface area (Å²) in [5.41, 5.74) is -1.56. The fourth-order valence-electron chi connectivity index (χ4n) is 1.57. The lowest BCUT2D eigenvalue weighted by Gasteiger charge is -2.08. The minimum absolute atomic E-state index is 0.139. The number of alkyl halides is 1. The van der Waals surface area contributed by atoms with Crippen LogP contribution >= 0.6 is 22.6 Å². The van der Waals surface area contributed by atoms with E-state index in [1.165, 1.54) is 0 Å². The summed E-state index contributed by atoms with van der Waals surface area (Å²) in [6.07, 6.45) is 3.10. The lowest BCUT2D eigenvalue weighted by molar-refractivity contribution is 0.0483. The zero-order valence-corrected chi connectivity index (χ0v) is 13.0. The molecule has 8 heteroatoms. The van der Waals surface area contributed by atoms with Crippen LogP contribution in [0.1, 0.15) is 36.0 Å². The van der Waals surface area contributed by atoms with E-state index in [2.05, 4.69) is 27.3 Å². The van der Waals surface area contributed by atoms with Gasteiger partial charge in [-0.25, -0.2) is 26.7 Å². The molecular formula is C13H12F5IO2. The van der Waals surface area contributed by atoms with Crippen LogP contribution in [-0.4, -0.2) is 17.0 Å². The van der Waals surface area contributed by atoms with E-state index in [4.69, 9.17) is 0 Å². The molecule has 1 rings (SSSR count). The van der Waals surface area contributed by atoms with Crippen molar-refractivity contribution < 1.29 is 31.5 Å². The van der Waals surface area contributed by atoms with E-state index < -0.39 is 40.6 Å². The van der Waals surface area contributed by atoms with Crippen molar-refractivity contribution in [3.63, 3.8) is 0 Å². The van der Waals surface area contributed by atoms with Gasteiger partial charge in [-0.3, -0.25) is 0 Å². The molecule has 0 aliphatic heterocycles. The molecule has 21 heavy (non-hydrogen) atoms. The van der Waals surface area contributed by atoms with Gasteiger partial charge in [0.1, 0.15) is 5.56 Å². The first-order valence-electron chi connectivity index (χ1n) is 6.16. The number of unbranched alkanes of at least 4 members (excludes halogenated alkanes) is 3. The highest BCUT2D eigenvalue weighted by Gasteiger charge is 2.30. The first kappa shape index (κ1) is 18.1. The van der Waals surface area contributed by atoms with Crippen LogP contribution < -0.4 is 0 Å². The Balaban J connectivity index is 2.71. The fraction of sp³-hybridized carbons (Fsp3) is 0.462. The predicted molar refractivity (Wildman–Crippen MR) is 73.9 cm³/mol. The largest absolute Gasteiger partial charge is 0.462 e. The van der Waals surface area contributed by atoms with Crippen LogP contribution in [0.2, 0.25) is 0 Å². The van der Waals surface area contributed by atoms with Crippen molar-refractivity contribution in [1.82, 2.24) is 0 Å². The Morgan fingerprint density at radius 2 is 1.29 bits per heavy atom. The van der Waals surface area contributed by atoms with Crippen LogP contribution in [0.15, 0.2) is 0 Å². The van der Waals surface area contributed by atoms with Crippen molar-refractivity contribution in [2.45, 2.75) is 25.7 Å². The topological polar surface area (TPSA) is 26.3 Å². The molecule has 0 amide bonds. The molecule has 0 fully saturated rings. The maximum absolute atomic E-state index is 13.3. The minimum Gasteiger partial charge on any atom is -0.462 e. The number of hydrogen-bond acceptors (Lipinski definition) is 2. The Morgan fingerprint density at radius 3 is 1.81 bits per heavy atom. The average molecular weight is 422 g/mol. The molecule has 0 aromatic heterocycles. The van der Waals surface area contributed by atoms with Crippen LogP contribution in [0, 0.1) is 29.1 Å². The van der Waals surface area contributed by atoms with Crippen molar-refractivity contribution in [3.8, 4) is 0 Å². The predicted octanol–water partition coefficient (Wildman–Crippen LogP) is 4.53. The highest BCUT2D eigenvalue weighted by Crippen LogP contribution is 2.23. The van der Waals surface area contributed by atoms with Crippen LogP contribution in [0.3, 0.4) is 0 Å². The molecule has 1 aromatic rings. The highest BCUT2D eigenvalue weighted by atomic mass is 127. The molecule has 1 aromatic carbocycles. The van der Waals surface area contributed by atoms with Gasteiger partial charge in [0.05, 0.1) is 6.61 Å². The second-order valence-electron chi connectivity index (χ2n) is 4.18. The molecule has 0 radical (unpaired) electrons. The van der Waals surface area contributed by atoms with E-state index in [0.717, 1.165) is 23.7 Å². The van der Waals surface area contributed by atoms with E-state index >= 15 is 0 Å². The molecule has 2 nitrogen and oxygen atoms in total. The molecule has 0 aliphatic rings. The summed E-state index contributed by atoms with van der Waals surface area (Å²) in [4.78, 5) is 11.4. The van der Waals surface area contributed by atoms with Gasteiger partial charge in [0.2, 0.25) is 5.82 Å². The van der Waals surface area contributed by atoms with Gasteiger partial charge in [-0.15, -0.1) is 0 Å². The van der Waals surface area contributed by atoms with Crippen molar-refractivity contribution in [1.29, 1.82) is 0 Å². The molecule has 0 aliphatic carbocycles. The van der Waals surface area contributed by atoms with Crippen molar-refractivity contribution in [3.05, 3.63) is 34.6 Å². The third kappa shape index (κ3) is 4.52. The van der Waals surface area contributed by atoms with E-state index in [0.29, 0.717) is 6.42 Å². The molecule has 0 unspecified atom stereocenters. The molecule has 0 heterocycles. The summed E-state index contributed by atoms with van der Waals surface area (Å²) in [7, 11) is 0. The number of halogens is 6. The van der Waals surface area contributed by atoms with Gasteiger partial charge in [0, 0.05) is 0 Å². The summed E-state index contributed by atoms with van der Waals surface area (Å²) >= 11 is 2.21. The first-order chi connectivity index (χ1) is 9.91. The van der Waals surface area contributed by atoms with Crippen LogP contribution in [-0.2, 0) is 4.74 Å². The highest BCUT2D eigenvalue weighted by molar-refractivity contribution is 14.1. The summed E-state index contributed by atoms with van der Waals surface area (Å²) in [5.74, 6) is -12.6. The zero-order valence-electron chi connectivity index (χ0n) is 10.8. The van der Waals surface area contributed by atoms with Crippen LogP contribution in [0.25, 0.3) is 0 Å². The van der Waals surface area contributed by atoms with Gasteiger partial charge in [0.15, 0.2) is 23.3 Å². The maximum Gasteiger partial charge on any atom is 0.344 e. The maximum atomic E-state index is 13.3. The number of rotatable bonds is 7. The molecule has 0 saturated carbocycles. The minimum atomic E-state index is -2.31. The van der Waals surface area contributed by atoms with Crippen LogP contribution in [0.5, 0.6) is 0 Å². The van der Waals surface area contributed by atoms with Gasteiger partial charge >= 0.3 is 5.97 Å². The second-order valence-corrected chi connectivity index (χ2v) is 5.26. The molecule has 0 atom stereocenters. The average Bonchev–Trinajstić information content (AvgIpc) is 2.47. The zero-order chi connectivity index (χ0) is 16.0. The first-order valence-corrected chi connectivity index (χ1v) is 7.68. The Morgan fingerprint density at radius 1 is 0.810 bits per heavy atom. The number of hydrogen-bond donors (Lipinski definition) is 0. The van der Waals surface area contributed by atoms with E-state index in [1.54, 1.807) is 0 Å². The molecule has 0 saturated heterocycles. The third-order valence-electron chi connectivity index (χ3n) is 2.68. The van der Waals surface area contributed by atoms with Crippen molar-refractivity contribution in [2.75, 3.05) is 11.0 Å². The van der Waals surface area contributed by atoms with Crippen LogP contribution in [0.4, 0.5) is 22.0 Å². The van der Waals surface area contributed by atoms with Gasteiger partial charge in [-0.05, 0) is 17.3 Å². The standard InChI is InChI=1S/C13H12F5IO2/c14-8-7(9(15)11(17)12(18)10(8)16)13(20)21-6-4-2-1-3-5-19/h1-6H2. The van der Waals surface area contributed by atoms with Gasteiger partial charge in [0.25, 0.3) is 0 Å². The number of esters is 1. The third-order valence-corrected chi connectivity index (χ3v) is 3.44. The van der Waals surface area contributed by atoms with Crippen molar-refractivity contribution >= 4 is 28.6 Å². The van der Waals surface area contributed by atoms with Gasteiger partial charge < -0.3 is 4.74 Å². The molecule has 118 valence electrons. The Kier molecular flexibility index (Phi) is 7.33. The summed E-state index contributed by atoms with van der Waals surface area (Å²) in [5, 5.41) is 0. The smallest absolute Gasteiger partial charge is 0.344 e. The lowest BCUT2D eigenvalue weighted by atomic mass is 10.1. The second kappa shape index (κ2) is 8.50. The van der Waals surface area contributed by atoms with E-state index in [9.17, 15) is 26.7 Å². The summed E-state index contributed by atoms with van der Waals surface area (Å²) < 4.78 is 70.8.